The molecule has 0 spiro atoms. The van der Waals surface area contributed by atoms with Crippen molar-refractivity contribution in [3.05, 3.63) is 12.2 Å². The summed E-state index contributed by atoms with van der Waals surface area (Å²) in [6, 6.07) is 0. The summed E-state index contributed by atoms with van der Waals surface area (Å²) in [6.07, 6.45) is 8.06. The van der Waals surface area contributed by atoms with Crippen LogP contribution in [0, 0.1) is 0 Å². The van der Waals surface area contributed by atoms with Gasteiger partial charge in [0.25, 0.3) is 0 Å². The molecule has 4 atom stereocenters. The van der Waals surface area contributed by atoms with Crippen molar-refractivity contribution < 1.29 is 29.6 Å². The van der Waals surface area contributed by atoms with Crippen molar-refractivity contribution in [3.8, 4) is 0 Å². The molecule has 1 saturated heterocycles. The van der Waals surface area contributed by atoms with E-state index in [4.69, 9.17) is 9.47 Å². The molecule has 1 rings (SSSR count). The van der Waals surface area contributed by atoms with E-state index < -0.39 is 37.0 Å². The molecule has 1 heterocycles. The van der Waals surface area contributed by atoms with Crippen LogP contribution in [0.25, 0.3) is 0 Å². The van der Waals surface area contributed by atoms with Gasteiger partial charge >= 0.3 is 5.97 Å². The van der Waals surface area contributed by atoms with Crippen LogP contribution in [0.2, 0.25) is 0 Å². The van der Waals surface area contributed by atoms with Gasteiger partial charge in [-0.2, -0.15) is 0 Å². The molecule has 0 saturated carbocycles. The number of aliphatic hydroxyl groups excluding tert-OH is 3. The number of rotatable bonds is 12. The Labute approximate surface area is 144 Å². The Hall–Kier alpha value is -0.950. The van der Waals surface area contributed by atoms with E-state index in [0.29, 0.717) is 0 Å². The van der Waals surface area contributed by atoms with E-state index in [1.54, 1.807) is 0 Å². The highest BCUT2D eigenvalue weighted by Gasteiger charge is 2.41. The monoisotopic (exact) mass is 344 g/mol. The van der Waals surface area contributed by atoms with Crippen LogP contribution in [0.5, 0.6) is 0 Å². The van der Waals surface area contributed by atoms with Crippen molar-refractivity contribution in [1.29, 1.82) is 0 Å². The minimum Gasteiger partial charge on any atom is -0.457 e. The smallest absolute Gasteiger partial charge is 0.306 e. The average molecular weight is 344 g/mol. The molecule has 6 nitrogen and oxygen atoms in total. The molecule has 0 radical (unpaired) electrons. The van der Waals surface area contributed by atoms with Gasteiger partial charge in [0.2, 0.25) is 0 Å². The topological polar surface area (TPSA) is 96.2 Å². The molecule has 0 unspecified atom stereocenters. The highest BCUT2D eigenvalue weighted by Crippen LogP contribution is 2.20. The molecule has 0 aromatic carbocycles. The molecule has 3 N–H and O–H groups in total. The van der Waals surface area contributed by atoms with Gasteiger partial charge in [0, 0.05) is 6.42 Å². The highest BCUT2D eigenvalue weighted by molar-refractivity contribution is 5.69. The van der Waals surface area contributed by atoms with E-state index in [1.807, 2.05) is 0 Å². The van der Waals surface area contributed by atoms with Gasteiger partial charge in [-0.3, -0.25) is 4.79 Å². The van der Waals surface area contributed by atoms with Gasteiger partial charge in [-0.15, -0.1) is 0 Å². The van der Waals surface area contributed by atoms with E-state index >= 15 is 0 Å². The zero-order valence-corrected chi connectivity index (χ0v) is 14.6. The zero-order chi connectivity index (χ0) is 17.8. The van der Waals surface area contributed by atoms with Gasteiger partial charge in [-0.05, 0) is 25.7 Å². The number of carbonyl (C=O) groups excluding carboxylic acids is 1. The normalized spacial score (nSPS) is 25.2. The molecule has 1 aliphatic heterocycles. The lowest BCUT2D eigenvalue weighted by molar-refractivity contribution is -0.162. The fourth-order valence-electron chi connectivity index (χ4n) is 2.74. The molecular weight excluding hydrogens is 312 g/mol. The zero-order valence-electron chi connectivity index (χ0n) is 14.6. The molecule has 140 valence electrons. The van der Waals surface area contributed by atoms with Crippen molar-refractivity contribution >= 4 is 5.97 Å². The van der Waals surface area contributed by atoms with Crippen LogP contribution < -0.4 is 0 Å². The van der Waals surface area contributed by atoms with Gasteiger partial charge in [0.1, 0.15) is 18.3 Å². The van der Waals surface area contributed by atoms with E-state index in [9.17, 15) is 20.1 Å². The van der Waals surface area contributed by atoms with Crippen molar-refractivity contribution in [2.75, 3.05) is 13.2 Å². The second-order valence-corrected chi connectivity index (χ2v) is 6.25. The van der Waals surface area contributed by atoms with Crippen molar-refractivity contribution in [3.63, 3.8) is 0 Å². The summed E-state index contributed by atoms with van der Waals surface area (Å²) in [7, 11) is 0. The van der Waals surface area contributed by atoms with Crippen LogP contribution in [0.3, 0.4) is 0 Å². The second kappa shape index (κ2) is 12.4. The van der Waals surface area contributed by atoms with Gasteiger partial charge in [-0.25, -0.2) is 0 Å². The fraction of sp³-hybridized carbons (Fsp3) is 0.833. The lowest BCUT2D eigenvalue weighted by atomic mass is 10.1. The predicted molar refractivity (Wildman–Crippen MR) is 90.5 cm³/mol. The lowest BCUT2D eigenvalue weighted by Gasteiger charge is -2.24. The predicted octanol–water partition coefficient (Wildman–Crippen LogP) is 1.71. The third kappa shape index (κ3) is 7.75. The van der Waals surface area contributed by atoms with Crippen molar-refractivity contribution in [1.82, 2.24) is 0 Å². The van der Waals surface area contributed by atoms with Crippen LogP contribution in [0.4, 0.5) is 0 Å². The van der Waals surface area contributed by atoms with E-state index in [0.717, 1.165) is 38.5 Å². The molecule has 0 aromatic rings. The SMILES string of the molecule is CCC=CCCCCCCCC(=O)O[C@H](CO)[C@H]1OC[C@H](O)[C@H]1O. The molecule has 1 fully saturated rings. The van der Waals surface area contributed by atoms with Crippen LogP contribution in [0.1, 0.15) is 58.3 Å². The highest BCUT2D eigenvalue weighted by atomic mass is 16.6. The first-order valence-corrected chi connectivity index (χ1v) is 9.03. The van der Waals surface area contributed by atoms with E-state index in [2.05, 4.69) is 19.1 Å². The van der Waals surface area contributed by atoms with Crippen LogP contribution in [0.15, 0.2) is 12.2 Å². The Morgan fingerprint density at radius 1 is 1.21 bits per heavy atom. The number of unbranched alkanes of at least 4 members (excludes halogenated alkanes) is 5. The van der Waals surface area contributed by atoms with Crippen molar-refractivity contribution in [2.24, 2.45) is 0 Å². The fourth-order valence-corrected chi connectivity index (χ4v) is 2.74. The maximum Gasteiger partial charge on any atom is 0.306 e. The van der Waals surface area contributed by atoms with E-state index in [1.165, 1.54) is 6.42 Å². The third-order valence-electron chi connectivity index (χ3n) is 4.17. The first-order chi connectivity index (χ1) is 11.6. The number of hydrogen-bond donors (Lipinski definition) is 3. The number of aliphatic hydroxyl groups is 3. The summed E-state index contributed by atoms with van der Waals surface area (Å²) < 4.78 is 10.4. The molecule has 0 aliphatic carbocycles. The molecule has 0 amide bonds. The molecule has 24 heavy (non-hydrogen) atoms. The molecule has 0 aromatic heterocycles. The van der Waals surface area contributed by atoms with Gasteiger partial charge in [0.05, 0.1) is 13.2 Å². The Kier molecular flexibility index (Phi) is 10.9. The summed E-state index contributed by atoms with van der Waals surface area (Å²) >= 11 is 0. The maximum atomic E-state index is 11.8. The Morgan fingerprint density at radius 3 is 2.54 bits per heavy atom. The van der Waals surface area contributed by atoms with Crippen molar-refractivity contribution in [2.45, 2.75) is 82.7 Å². The minimum atomic E-state index is -1.14. The standard InChI is InChI=1S/C18H32O6/c1-2-3-4-5-6-7-8-9-10-11-16(21)24-15(12-19)18-17(22)14(20)13-23-18/h3-4,14-15,17-20,22H,2,5-13H2,1H3/t14-,15+,17+,18+/m0/s1. The summed E-state index contributed by atoms with van der Waals surface area (Å²) in [5.74, 6) is -0.405. The molecule has 0 bridgehead atoms. The number of hydrogen-bond acceptors (Lipinski definition) is 6. The van der Waals surface area contributed by atoms with Gasteiger partial charge in [-0.1, -0.05) is 38.3 Å². The minimum absolute atomic E-state index is 0.0205. The largest absolute Gasteiger partial charge is 0.457 e. The van der Waals surface area contributed by atoms with E-state index in [-0.39, 0.29) is 13.0 Å². The van der Waals surface area contributed by atoms with Crippen LogP contribution >= 0.6 is 0 Å². The maximum absolute atomic E-state index is 11.8. The summed E-state index contributed by atoms with van der Waals surface area (Å²) in [5.41, 5.74) is 0. The average Bonchev–Trinajstić information content (AvgIpc) is 2.90. The number of ether oxygens (including phenoxy) is 2. The summed E-state index contributed by atoms with van der Waals surface area (Å²) in [4.78, 5) is 11.8. The van der Waals surface area contributed by atoms with Gasteiger partial charge in [0.15, 0.2) is 6.10 Å². The number of carbonyl (C=O) groups is 1. The first kappa shape index (κ1) is 21.1. The Balaban J connectivity index is 2.11. The third-order valence-corrected chi connectivity index (χ3v) is 4.17. The van der Waals surface area contributed by atoms with Crippen LogP contribution in [-0.2, 0) is 14.3 Å². The van der Waals surface area contributed by atoms with Gasteiger partial charge < -0.3 is 24.8 Å². The second-order valence-electron chi connectivity index (χ2n) is 6.25. The van der Waals surface area contributed by atoms with Crippen LogP contribution in [-0.4, -0.2) is 58.9 Å². The Morgan fingerprint density at radius 2 is 1.92 bits per heavy atom. The molecular formula is C18H32O6. The quantitative estimate of drug-likeness (QED) is 0.283. The lowest BCUT2D eigenvalue weighted by Crippen LogP contribution is -2.43. The Bertz CT molecular complexity index is 371. The number of allylic oxidation sites excluding steroid dienone is 2. The molecule has 6 heteroatoms. The summed E-state index contributed by atoms with van der Waals surface area (Å²) in [5, 5.41) is 28.5. The molecule has 1 aliphatic rings. The number of esters is 1. The summed E-state index contributed by atoms with van der Waals surface area (Å²) in [6.45, 7) is 1.66. The first-order valence-electron chi connectivity index (χ1n) is 9.03.